The zero-order valence-electron chi connectivity index (χ0n) is 17.2. The highest BCUT2D eigenvalue weighted by atomic mass is 16.5. The van der Waals surface area contributed by atoms with Crippen molar-refractivity contribution in [1.29, 1.82) is 0 Å². The molecule has 0 bridgehead atoms. The van der Waals surface area contributed by atoms with E-state index in [1.165, 1.54) is 10.7 Å². The van der Waals surface area contributed by atoms with Gasteiger partial charge in [-0.1, -0.05) is 12.1 Å². The van der Waals surface area contributed by atoms with E-state index in [0.717, 1.165) is 34.8 Å². The molecule has 0 saturated carbocycles. The van der Waals surface area contributed by atoms with Crippen molar-refractivity contribution in [3.8, 4) is 17.0 Å². The van der Waals surface area contributed by atoms with Crippen molar-refractivity contribution in [2.24, 2.45) is 0 Å². The van der Waals surface area contributed by atoms with E-state index in [0.29, 0.717) is 32.1 Å². The van der Waals surface area contributed by atoms with Crippen molar-refractivity contribution >= 4 is 5.82 Å². The van der Waals surface area contributed by atoms with Crippen LogP contribution in [0.3, 0.4) is 0 Å². The number of hydrogen-bond acceptors (Lipinski definition) is 8. The molecule has 9 nitrogen and oxygen atoms in total. The standard InChI is InChI=1S/C22H23N5O4/c1-29-15-4-2-3-14(9-15)17-5-6-21(28)27(26-17)20-12-31-11-19(20)25-22-16-10-30-8-7-18(16)23-13-24-22/h2-6,9,13,19-20H,7-8,10-12H2,1H3,(H,23,24,25). The minimum absolute atomic E-state index is 0.160. The monoisotopic (exact) mass is 421 g/mol. The second-order valence-electron chi connectivity index (χ2n) is 7.54. The molecule has 2 atom stereocenters. The Labute approximate surface area is 179 Å². The van der Waals surface area contributed by atoms with E-state index < -0.39 is 0 Å². The molecule has 9 heteroatoms. The summed E-state index contributed by atoms with van der Waals surface area (Å²) in [7, 11) is 1.62. The first kappa shape index (κ1) is 19.7. The van der Waals surface area contributed by atoms with Gasteiger partial charge in [-0.2, -0.15) is 5.10 Å². The Bertz CT molecular complexity index is 1150. The molecule has 2 aliphatic heterocycles. The first-order chi connectivity index (χ1) is 15.2. The summed E-state index contributed by atoms with van der Waals surface area (Å²) < 4.78 is 18.1. The molecule has 2 aliphatic rings. The maximum absolute atomic E-state index is 12.7. The van der Waals surface area contributed by atoms with E-state index in [-0.39, 0.29) is 17.6 Å². The molecule has 2 unspecified atom stereocenters. The topological polar surface area (TPSA) is 100 Å². The Kier molecular flexibility index (Phi) is 5.35. The summed E-state index contributed by atoms with van der Waals surface area (Å²) >= 11 is 0. The number of ether oxygens (including phenoxy) is 3. The first-order valence-corrected chi connectivity index (χ1v) is 10.2. The molecule has 0 radical (unpaired) electrons. The third-order valence-corrected chi connectivity index (χ3v) is 5.64. The molecule has 31 heavy (non-hydrogen) atoms. The first-order valence-electron chi connectivity index (χ1n) is 10.2. The third-order valence-electron chi connectivity index (χ3n) is 5.64. The van der Waals surface area contributed by atoms with E-state index >= 15 is 0 Å². The second kappa shape index (κ2) is 8.44. The number of nitrogens with one attached hydrogen (secondary N) is 1. The van der Waals surface area contributed by atoms with E-state index in [9.17, 15) is 4.79 Å². The maximum atomic E-state index is 12.7. The number of anilines is 1. The van der Waals surface area contributed by atoms with Gasteiger partial charge in [0.1, 0.15) is 23.9 Å². The lowest BCUT2D eigenvalue weighted by molar-refractivity contribution is 0.109. The lowest BCUT2D eigenvalue weighted by Gasteiger charge is -2.24. The van der Waals surface area contributed by atoms with Gasteiger partial charge in [0.2, 0.25) is 0 Å². The van der Waals surface area contributed by atoms with Crippen molar-refractivity contribution < 1.29 is 14.2 Å². The normalized spacial score (nSPS) is 20.3. The predicted molar refractivity (Wildman–Crippen MR) is 113 cm³/mol. The fraction of sp³-hybridized carbons (Fsp3) is 0.364. The van der Waals surface area contributed by atoms with Crippen LogP contribution in [0.1, 0.15) is 17.3 Å². The van der Waals surface area contributed by atoms with Gasteiger partial charge in [-0.05, 0) is 18.2 Å². The van der Waals surface area contributed by atoms with Gasteiger partial charge < -0.3 is 19.5 Å². The number of nitrogens with zero attached hydrogens (tertiary/aromatic N) is 4. The van der Waals surface area contributed by atoms with E-state index in [4.69, 9.17) is 14.2 Å². The highest BCUT2D eigenvalue weighted by molar-refractivity contribution is 5.60. The highest BCUT2D eigenvalue weighted by Gasteiger charge is 2.33. The molecule has 0 aliphatic carbocycles. The van der Waals surface area contributed by atoms with Crippen LogP contribution in [0.2, 0.25) is 0 Å². The molecular weight excluding hydrogens is 398 g/mol. The van der Waals surface area contributed by atoms with Gasteiger partial charge in [-0.15, -0.1) is 0 Å². The molecule has 1 fully saturated rings. The lowest BCUT2D eigenvalue weighted by Crippen LogP contribution is -2.37. The van der Waals surface area contributed by atoms with Gasteiger partial charge >= 0.3 is 0 Å². The number of hydrogen-bond donors (Lipinski definition) is 1. The molecule has 3 aromatic rings. The molecule has 160 valence electrons. The second-order valence-corrected chi connectivity index (χ2v) is 7.54. The summed E-state index contributed by atoms with van der Waals surface area (Å²) in [5.74, 6) is 1.46. The summed E-state index contributed by atoms with van der Waals surface area (Å²) in [4.78, 5) is 21.5. The number of fused-ring (bicyclic) bond motifs is 1. The zero-order chi connectivity index (χ0) is 21.2. The average Bonchev–Trinajstić information content (AvgIpc) is 3.27. The number of rotatable bonds is 5. The van der Waals surface area contributed by atoms with Crippen LogP contribution in [-0.4, -0.2) is 52.7 Å². The molecule has 0 spiro atoms. The fourth-order valence-corrected chi connectivity index (χ4v) is 3.98. The fourth-order valence-electron chi connectivity index (χ4n) is 3.98. The molecule has 0 amide bonds. The number of methoxy groups -OCH3 is 1. The van der Waals surface area contributed by atoms with Crippen LogP contribution in [0, 0.1) is 0 Å². The predicted octanol–water partition coefficient (Wildman–Crippen LogP) is 1.83. The average molecular weight is 421 g/mol. The molecule has 1 aromatic carbocycles. The van der Waals surface area contributed by atoms with Crippen molar-refractivity contribution in [3.05, 3.63) is 64.3 Å². The molecule has 1 saturated heterocycles. The minimum atomic E-state index is -0.270. The van der Waals surface area contributed by atoms with Gasteiger partial charge in [0, 0.05) is 23.6 Å². The lowest BCUT2D eigenvalue weighted by atomic mass is 10.1. The Hall–Kier alpha value is -3.30. The molecule has 4 heterocycles. The van der Waals surface area contributed by atoms with Crippen molar-refractivity contribution in [2.45, 2.75) is 25.1 Å². The smallest absolute Gasteiger partial charge is 0.267 e. The van der Waals surface area contributed by atoms with Crippen LogP contribution >= 0.6 is 0 Å². The SMILES string of the molecule is COc1cccc(-c2ccc(=O)n(C3COCC3Nc3ncnc4c3COCC4)n2)c1. The van der Waals surface area contributed by atoms with Crippen molar-refractivity contribution in [1.82, 2.24) is 19.7 Å². The van der Waals surface area contributed by atoms with Gasteiger partial charge in [-0.25, -0.2) is 14.6 Å². The Morgan fingerprint density at radius 3 is 3.00 bits per heavy atom. The van der Waals surface area contributed by atoms with Gasteiger partial charge in [-0.3, -0.25) is 4.79 Å². The number of benzene rings is 1. The zero-order valence-corrected chi connectivity index (χ0v) is 17.2. The van der Waals surface area contributed by atoms with Gasteiger partial charge in [0.15, 0.2) is 0 Å². The minimum Gasteiger partial charge on any atom is -0.497 e. The summed E-state index contributed by atoms with van der Waals surface area (Å²) in [5.41, 5.74) is 3.34. The van der Waals surface area contributed by atoms with Crippen molar-refractivity contribution in [3.63, 3.8) is 0 Å². The Balaban J connectivity index is 1.45. The van der Waals surface area contributed by atoms with E-state index in [1.54, 1.807) is 19.5 Å². The van der Waals surface area contributed by atoms with Crippen LogP contribution < -0.4 is 15.6 Å². The van der Waals surface area contributed by atoms with Gasteiger partial charge in [0.25, 0.3) is 5.56 Å². The van der Waals surface area contributed by atoms with E-state index in [1.807, 2.05) is 24.3 Å². The Morgan fingerprint density at radius 1 is 1.16 bits per heavy atom. The van der Waals surface area contributed by atoms with Crippen molar-refractivity contribution in [2.75, 3.05) is 32.2 Å². The summed E-state index contributed by atoms with van der Waals surface area (Å²) in [6.07, 6.45) is 2.33. The van der Waals surface area contributed by atoms with E-state index in [2.05, 4.69) is 20.4 Å². The quantitative estimate of drug-likeness (QED) is 0.666. The molecule has 5 rings (SSSR count). The largest absolute Gasteiger partial charge is 0.497 e. The summed E-state index contributed by atoms with van der Waals surface area (Å²) in [6, 6.07) is 10.4. The van der Waals surface area contributed by atoms with Crippen LogP contribution in [0.15, 0.2) is 47.5 Å². The third kappa shape index (κ3) is 3.89. The van der Waals surface area contributed by atoms with Crippen LogP contribution in [0.25, 0.3) is 11.3 Å². The van der Waals surface area contributed by atoms with Crippen LogP contribution in [0.4, 0.5) is 5.82 Å². The summed E-state index contributed by atoms with van der Waals surface area (Å²) in [5, 5.41) is 8.10. The Morgan fingerprint density at radius 2 is 2.10 bits per heavy atom. The van der Waals surface area contributed by atoms with Gasteiger partial charge in [0.05, 0.1) is 51.0 Å². The highest BCUT2D eigenvalue weighted by Crippen LogP contribution is 2.27. The summed E-state index contributed by atoms with van der Waals surface area (Å²) in [6.45, 7) is 1.97. The van der Waals surface area contributed by atoms with Crippen LogP contribution in [0.5, 0.6) is 5.75 Å². The molecule has 2 aromatic heterocycles. The van der Waals surface area contributed by atoms with Crippen LogP contribution in [-0.2, 0) is 22.5 Å². The molecule has 1 N–H and O–H groups in total. The number of aromatic nitrogens is 4. The maximum Gasteiger partial charge on any atom is 0.267 e. The molecular formula is C22H23N5O4.